The average Bonchev–Trinajstić information content (AvgIpc) is 4.05. The van der Waals surface area contributed by atoms with E-state index in [1.54, 1.807) is 0 Å². The number of furan rings is 2. The van der Waals surface area contributed by atoms with Gasteiger partial charge in [0, 0.05) is 54.5 Å². The molecular formula is C66H60N2O2. The molecule has 0 aliphatic heterocycles. The standard InChI is InChI=1S/C66H60N2O2/c1-63(2,3)41-15-23-55-49(33-41)50-34-42(64(4,5)6)16-24-56(50)67(55)45-19-13-37-29-53-47-21-22-48-54-30-38-14-20-46(28-40(38)32-60(54)70-62(48)61(47)69-59(53)31-39(37)27-45)68-57-25-17-43(65(7,8)9)35-51(57)52-36-44(66(10,11)12)18-26-58(52)68/h13-36H,1-12H3. The van der Waals surface area contributed by atoms with E-state index in [0.29, 0.717) is 0 Å². The van der Waals surface area contributed by atoms with Crippen LogP contribution in [0.15, 0.2) is 154 Å². The van der Waals surface area contributed by atoms with E-state index in [1.807, 2.05) is 0 Å². The summed E-state index contributed by atoms with van der Waals surface area (Å²) in [6.07, 6.45) is 0. The molecule has 9 aromatic carbocycles. The van der Waals surface area contributed by atoms with Crippen molar-refractivity contribution in [2.45, 2.75) is 105 Å². The molecule has 0 bridgehead atoms. The molecule has 70 heavy (non-hydrogen) atoms. The molecule has 0 aliphatic rings. The van der Waals surface area contributed by atoms with Crippen LogP contribution in [0.3, 0.4) is 0 Å². The zero-order chi connectivity index (χ0) is 48.6. The molecule has 4 nitrogen and oxygen atoms in total. The number of rotatable bonds is 2. The minimum absolute atomic E-state index is 0.0430. The SMILES string of the molecule is CC(C)(C)c1ccc2c(c1)c1cc(C(C)(C)C)ccc1n2-c1ccc2cc3c(cc2c1)oc1c3ccc2c3cc4ccc(-n5c6ccc(C(C)(C)C)cc6c6cc(C(C)(C)C)ccc65)cc4cc3oc21. The lowest BCUT2D eigenvalue weighted by Crippen LogP contribution is -2.10. The fraction of sp³-hybridized carbons (Fsp3) is 0.242. The first-order valence-electron chi connectivity index (χ1n) is 25.1. The Morgan fingerprint density at radius 1 is 0.271 bits per heavy atom. The number of nitrogens with zero attached hydrogens (tertiary/aromatic N) is 2. The third-order valence-corrected chi connectivity index (χ3v) is 15.5. The Labute approximate surface area is 409 Å². The Hall–Kier alpha value is -7.30. The number of hydrogen-bond acceptors (Lipinski definition) is 2. The fourth-order valence-corrected chi connectivity index (χ4v) is 11.3. The van der Waals surface area contributed by atoms with Gasteiger partial charge in [0.1, 0.15) is 11.2 Å². The van der Waals surface area contributed by atoms with Gasteiger partial charge in [0.25, 0.3) is 0 Å². The Morgan fingerprint density at radius 2 is 0.586 bits per heavy atom. The van der Waals surface area contributed by atoms with Crippen molar-refractivity contribution < 1.29 is 8.83 Å². The van der Waals surface area contributed by atoms with Crippen LogP contribution < -0.4 is 0 Å². The van der Waals surface area contributed by atoms with Gasteiger partial charge in [-0.25, -0.2) is 0 Å². The highest BCUT2D eigenvalue weighted by molar-refractivity contribution is 6.22. The van der Waals surface area contributed by atoms with E-state index in [4.69, 9.17) is 8.83 Å². The number of hydrogen-bond donors (Lipinski definition) is 0. The quantitative estimate of drug-likeness (QED) is 0.173. The van der Waals surface area contributed by atoms with Crippen LogP contribution in [-0.2, 0) is 21.7 Å². The molecule has 346 valence electrons. The summed E-state index contributed by atoms with van der Waals surface area (Å²) >= 11 is 0. The fourth-order valence-electron chi connectivity index (χ4n) is 11.3. The molecule has 4 aromatic heterocycles. The summed E-state index contributed by atoms with van der Waals surface area (Å²) in [5.41, 5.74) is 15.9. The van der Waals surface area contributed by atoms with E-state index in [1.165, 1.54) is 76.6 Å². The van der Waals surface area contributed by atoms with Crippen molar-refractivity contribution in [3.63, 3.8) is 0 Å². The highest BCUT2D eigenvalue weighted by Gasteiger charge is 2.24. The van der Waals surface area contributed by atoms with Crippen LogP contribution in [0.1, 0.15) is 105 Å². The second-order valence-corrected chi connectivity index (χ2v) is 24.4. The molecule has 0 spiro atoms. The first-order valence-corrected chi connectivity index (χ1v) is 25.1. The first-order chi connectivity index (χ1) is 33.2. The maximum atomic E-state index is 6.87. The van der Waals surface area contributed by atoms with E-state index in [-0.39, 0.29) is 21.7 Å². The molecule has 4 heterocycles. The van der Waals surface area contributed by atoms with Gasteiger partial charge in [-0.3, -0.25) is 0 Å². The van der Waals surface area contributed by atoms with Crippen LogP contribution in [0.5, 0.6) is 0 Å². The van der Waals surface area contributed by atoms with Gasteiger partial charge >= 0.3 is 0 Å². The molecular weight excluding hydrogens is 853 g/mol. The Morgan fingerprint density at radius 3 is 0.886 bits per heavy atom. The molecule has 0 amide bonds. The number of benzene rings is 9. The van der Waals surface area contributed by atoms with Gasteiger partial charge in [0.2, 0.25) is 0 Å². The molecule has 0 saturated carbocycles. The highest BCUT2D eigenvalue weighted by Crippen LogP contribution is 2.44. The van der Waals surface area contributed by atoms with Crippen molar-refractivity contribution >= 4 is 109 Å². The van der Waals surface area contributed by atoms with Crippen LogP contribution in [-0.4, -0.2) is 9.13 Å². The molecule has 4 heteroatoms. The lowest BCUT2D eigenvalue weighted by molar-refractivity contribution is 0.590. The van der Waals surface area contributed by atoms with Crippen LogP contribution >= 0.6 is 0 Å². The van der Waals surface area contributed by atoms with Gasteiger partial charge in [-0.15, -0.1) is 0 Å². The van der Waals surface area contributed by atoms with Crippen molar-refractivity contribution in [3.8, 4) is 11.4 Å². The predicted octanol–water partition coefficient (Wildman–Crippen LogP) is 19.2. The van der Waals surface area contributed by atoms with E-state index in [0.717, 1.165) is 66.0 Å². The minimum Gasteiger partial charge on any atom is -0.452 e. The van der Waals surface area contributed by atoms with Crippen LogP contribution in [0.2, 0.25) is 0 Å². The Bertz CT molecular complexity index is 3950. The van der Waals surface area contributed by atoms with Gasteiger partial charge < -0.3 is 18.0 Å². The van der Waals surface area contributed by atoms with E-state index in [2.05, 4.69) is 238 Å². The van der Waals surface area contributed by atoms with Gasteiger partial charge in [-0.05, 0) is 175 Å². The summed E-state index contributed by atoms with van der Waals surface area (Å²) in [6, 6.07) is 55.2. The molecule has 0 N–H and O–H groups in total. The van der Waals surface area contributed by atoms with Gasteiger partial charge in [-0.2, -0.15) is 0 Å². The summed E-state index contributed by atoms with van der Waals surface area (Å²) in [7, 11) is 0. The van der Waals surface area contributed by atoms with Crippen molar-refractivity contribution in [1.29, 1.82) is 0 Å². The van der Waals surface area contributed by atoms with Crippen molar-refractivity contribution in [2.24, 2.45) is 0 Å². The van der Waals surface area contributed by atoms with Crippen molar-refractivity contribution in [3.05, 3.63) is 168 Å². The summed E-state index contributed by atoms with van der Waals surface area (Å²) < 4.78 is 18.6. The van der Waals surface area contributed by atoms with Crippen molar-refractivity contribution in [2.75, 3.05) is 0 Å². The monoisotopic (exact) mass is 912 g/mol. The minimum atomic E-state index is 0.0430. The normalized spacial score (nSPS) is 13.4. The number of aromatic nitrogens is 2. The average molecular weight is 913 g/mol. The van der Waals surface area contributed by atoms with E-state index >= 15 is 0 Å². The summed E-state index contributed by atoms with van der Waals surface area (Å²) in [5.74, 6) is 0. The third kappa shape index (κ3) is 6.41. The Balaban J connectivity index is 0.936. The lowest BCUT2D eigenvalue weighted by atomic mass is 9.85. The van der Waals surface area contributed by atoms with Crippen molar-refractivity contribution in [1.82, 2.24) is 9.13 Å². The predicted molar refractivity (Wildman–Crippen MR) is 299 cm³/mol. The second kappa shape index (κ2) is 14.2. The summed E-state index contributed by atoms with van der Waals surface area (Å²) in [4.78, 5) is 0. The molecule has 0 unspecified atom stereocenters. The molecule has 0 fully saturated rings. The third-order valence-electron chi connectivity index (χ3n) is 15.5. The summed E-state index contributed by atoms with van der Waals surface area (Å²) in [5, 5.41) is 14.0. The van der Waals surface area contributed by atoms with Crippen LogP contribution in [0.4, 0.5) is 0 Å². The van der Waals surface area contributed by atoms with Gasteiger partial charge in [0.15, 0.2) is 11.2 Å². The molecule has 0 atom stereocenters. The molecule has 13 aromatic rings. The maximum Gasteiger partial charge on any atom is 0.178 e. The molecule has 13 rings (SSSR count). The van der Waals surface area contributed by atoms with Crippen LogP contribution in [0.25, 0.3) is 120 Å². The highest BCUT2D eigenvalue weighted by atomic mass is 16.4. The zero-order valence-electron chi connectivity index (χ0n) is 42.6. The second-order valence-electron chi connectivity index (χ2n) is 24.4. The Kier molecular flexibility index (Phi) is 8.65. The van der Waals surface area contributed by atoms with Gasteiger partial charge in [-0.1, -0.05) is 119 Å². The zero-order valence-corrected chi connectivity index (χ0v) is 42.6. The molecule has 0 radical (unpaired) electrons. The topological polar surface area (TPSA) is 36.1 Å². The first kappa shape index (κ1) is 42.8. The largest absolute Gasteiger partial charge is 0.452 e. The lowest BCUT2D eigenvalue weighted by Gasteiger charge is -2.19. The van der Waals surface area contributed by atoms with Crippen LogP contribution in [0, 0.1) is 0 Å². The smallest absolute Gasteiger partial charge is 0.178 e. The molecule has 0 aliphatic carbocycles. The maximum absolute atomic E-state index is 6.87. The van der Waals surface area contributed by atoms with E-state index in [9.17, 15) is 0 Å². The number of fused-ring (bicyclic) bond motifs is 15. The molecule has 0 saturated heterocycles. The van der Waals surface area contributed by atoms with E-state index < -0.39 is 0 Å². The van der Waals surface area contributed by atoms with Gasteiger partial charge in [0.05, 0.1) is 22.1 Å². The summed E-state index contributed by atoms with van der Waals surface area (Å²) in [6.45, 7) is 27.5.